The van der Waals surface area contributed by atoms with Crippen LogP contribution >= 0.6 is 0 Å². The fraction of sp³-hybridized carbons (Fsp3) is 0.235. The van der Waals surface area contributed by atoms with Crippen LogP contribution in [0.3, 0.4) is 0 Å². The Labute approximate surface area is 122 Å². The molecule has 3 nitrogen and oxygen atoms in total. The number of fused-ring (bicyclic) bond motifs is 1. The number of para-hydroxylation sites is 2. The molecule has 0 aliphatic carbocycles. The normalized spacial score (nSPS) is 12.0. The van der Waals surface area contributed by atoms with E-state index in [0.717, 1.165) is 11.0 Å². The molecule has 0 bridgehead atoms. The van der Waals surface area contributed by atoms with Crippen LogP contribution in [0, 0.1) is 5.82 Å². The molecular formula is C17H17FN2O. The van der Waals surface area contributed by atoms with Crippen molar-refractivity contribution >= 4 is 11.0 Å². The quantitative estimate of drug-likeness (QED) is 0.723. The van der Waals surface area contributed by atoms with Gasteiger partial charge in [0.1, 0.15) is 17.4 Å². The summed E-state index contributed by atoms with van der Waals surface area (Å²) in [7, 11) is 0. The van der Waals surface area contributed by atoms with Crippen molar-refractivity contribution in [1.29, 1.82) is 0 Å². The van der Waals surface area contributed by atoms with Gasteiger partial charge in [0.25, 0.3) is 0 Å². The number of aromatic hydroxyl groups is 1. The Hall–Kier alpha value is -2.36. The van der Waals surface area contributed by atoms with Crippen molar-refractivity contribution in [1.82, 2.24) is 9.55 Å². The van der Waals surface area contributed by atoms with E-state index in [1.165, 1.54) is 18.2 Å². The van der Waals surface area contributed by atoms with Gasteiger partial charge in [-0.2, -0.15) is 0 Å². The summed E-state index contributed by atoms with van der Waals surface area (Å²) in [5.41, 5.74) is 1.55. The standard InChI is InChI=1S/C17H17FN2O/c1-17(2,3)20-13-9-5-4-8-12(13)19-16(20)15-11(18)7-6-10-14(15)21/h4-10,21H,1-3H3. The molecule has 1 N–H and O–H groups in total. The molecule has 1 aromatic heterocycles. The Morgan fingerprint density at radius 1 is 1.05 bits per heavy atom. The summed E-state index contributed by atoms with van der Waals surface area (Å²) in [5.74, 6) is -0.133. The maximum absolute atomic E-state index is 14.2. The van der Waals surface area contributed by atoms with Crippen molar-refractivity contribution in [3.05, 3.63) is 48.3 Å². The molecule has 108 valence electrons. The molecular weight excluding hydrogens is 267 g/mol. The lowest BCUT2D eigenvalue weighted by molar-refractivity contribution is 0.410. The first kappa shape index (κ1) is 13.6. The van der Waals surface area contributed by atoms with E-state index < -0.39 is 5.82 Å². The lowest BCUT2D eigenvalue weighted by atomic mass is 10.1. The van der Waals surface area contributed by atoms with Gasteiger partial charge in [-0.25, -0.2) is 9.37 Å². The number of aromatic nitrogens is 2. The minimum absolute atomic E-state index is 0.101. The number of hydrogen-bond acceptors (Lipinski definition) is 2. The summed E-state index contributed by atoms with van der Waals surface area (Å²) in [6, 6.07) is 12.0. The maximum atomic E-state index is 14.2. The molecule has 0 saturated carbocycles. The highest BCUT2D eigenvalue weighted by atomic mass is 19.1. The minimum Gasteiger partial charge on any atom is -0.507 e. The Morgan fingerprint density at radius 3 is 2.43 bits per heavy atom. The Kier molecular flexibility index (Phi) is 2.97. The average Bonchev–Trinajstić information content (AvgIpc) is 2.77. The van der Waals surface area contributed by atoms with Crippen LogP contribution in [-0.4, -0.2) is 14.7 Å². The van der Waals surface area contributed by atoms with E-state index in [1.807, 2.05) is 49.6 Å². The van der Waals surface area contributed by atoms with Gasteiger partial charge < -0.3 is 9.67 Å². The fourth-order valence-corrected chi connectivity index (χ4v) is 2.61. The molecule has 4 heteroatoms. The number of benzene rings is 2. The van der Waals surface area contributed by atoms with E-state index in [9.17, 15) is 9.50 Å². The van der Waals surface area contributed by atoms with Gasteiger partial charge in [-0.1, -0.05) is 18.2 Å². The molecule has 0 spiro atoms. The minimum atomic E-state index is -0.476. The van der Waals surface area contributed by atoms with Gasteiger partial charge in [-0.3, -0.25) is 0 Å². The van der Waals surface area contributed by atoms with Crippen LogP contribution in [0.4, 0.5) is 4.39 Å². The molecule has 0 amide bonds. The molecule has 0 fully saturated rings. The summed E-state index contributed by atoms with van der Waals surface area (Å²) < 4.78 is 16.2. The van der Waals surface area contributed by atoms with Crippen LogP contribution in [-0.2, 0) is 5.54 Å². The van der Waals surface area contributed by atoms with Crippen LogP contribution in [0.15, 0.2) is 42.5 Å². The van der Waals surface area contributed by atoms with Crippen molar-refractivity contribution in [2.45, 2.75) is 26.3 Å². The molecule has 0 aliphatic heterocycles. The predicted molar refractivity (Wildman–Crippen MR) is 81.8 cm³/mol. The lowest BCUT2D eigenvalue weighted by Gasteiger charge is -2.25. The molecule has 0 saturated heterocycles. The first-order chi connectivity index (χ1) is 9.89. The van der Waals surface area contributed by atoms with E-state index in [-0.39, 0.29) is 16.9 Å². The molecule has 3 rings (SSSR count). The number of imidazole rings is 1. The van der Waals surface area contributed by atoms with Gasteiger partial charge in [0, 0.05) is 5.54 Å². The number of phenolic OH excluding ortho intramolecular Hbond substituents is 1. The maximum Gasteiger partial charge on any atom is 0.148 e. The summed E-state index contributed by atoms with van der Waals surface area (Å²) in [5, 5.41) is 10.1. The van der Waals surface area contributed by atoms with E-state index >= 15 is 0 Å². The van der Waals surface area contributed by atoms with Crippen molar-refractivity contribution < 1.29 is 9.50 Å². The first-order valence-corrected chi connectivity index (χ1v) is 6.85. The fourth-order valence-electron chi connectivity index (χ4n) is 2.61. The molecule has 0 radical (unpaired) electrons. The van der Waals surface area contributed by atoms with E-state index in [0.29, 0.717) is 5.82 Å². The Morgan fingerprint density at radius 2 is 1.76 bits per heavy atom. The monoisotopic (exact) mass is 284 g/mol. The zero-order chi connectivity index (χ0) is 15.2. The topological polar surface area (TPSA) is 38.0 Å². The van der Waals surface area contributed by atoms with Gasteiger partial charge in [-0.15, -0.1) is 0 Å². The van der Waals surface area contributed by atoms with Crippen LogP contribution in [0.2, 0.25) is 0 Å². The van der Waals surface area contributed by atoms with E-state index in [2.05, 4.69) is 4.98 Å². The molecule has 0 aliphatic rings. The van der Waals surface area contributed by atoms with Crippen molar-refractivity contribution in [3.63, 3.8) is 0 Å². The van der Waals surface area contributed by atoms with E-state index in [4.69, 9.17) is 0 Å². The second kappa shape index (κ2) is 4.58. The average molecular weight is 284 g/mol. The molecule has 21 heavy (non-hydrogen) atoms. The van der Waals surface area contributed by atoms with Crippen LogP contribution in [0.1, 0.15) is 20.8 Å². The van der Waals surface area contributed by atoms with Crippen molar-refractivity contribution in [3.8, 4) is 17.1 Å². The molecule has 0 unspecified atom stereocenters. The summed E-state index contributed by atoms with van der Waals surface area (Å²) in [6.07, 6.45) is 0. The number of halogens is 1. The molecule has 3 aromatic rings. The van der Waals surface area contributed by atoms with Crippen molar-refractivity contribution in [2.75, 3.05) is 0 Å². The van der Waals surface area contributed by atoms with Gasteiger partial charge in [0.2, 0.25) is 0 Å². The molecule has 0 atom stereocenters. The SMILES string of the molecule is CC(C)(C)n1c(-c2c(O)cccc2F)nc2ccccc21. The largest absolute Gasteiger partial charge is 0.507 e. The van der Waals surface area contributed by atoms with Gasteiger partial charge >= 0.3 is 0 Å². The smallest absolute Gasteiger partial charge is 0.148 e. The van der Waals surface area contributed by atoms with Gasteiger partial charge in [0.15, 0.2) is 0 Å². The first-order valence-electron chi connectivity index (χ1n) is 6.85. The second-order valence-corrected chi connectivity index (χ2v) is 6.06. The zero-order valence-electron chi connectivity index (χ0n) is 12.3. The summed E-state index contributed by atoms with van der Waals surface area (Å²) >= 11 is 0. The zero-order valence-corrected chi connectivity index (χ0v) is 12.3. The highest BCUT2D eigenvalue weighted by Crippen LogP contribution is 2.36. The third-order valence-electron chi connectivity index (χ3n) is 3.45. The van der Waals surface area contributed by atoms with E-state index in [1.54, 1.807) is 0 Å². The lowest BCUT2D eigenvalue weighted by Crippen LogP contribution is -2.22. The molecule has 2 aromatic carbocycles. The second-order valence-electron chi connectivity index (χ2n) is 6.06. The van der Waals surface area contributed by atoms with Gasteiger partial charge in [0.05, 0.1) is 16.6 Å². The van der Waals surface area contributed by atoms with Crippen LogP contribution in [0.25, 0.3) is 22.4 Å². The summed E-state index contributed by atoms with van der Waals surface area (Å²) in [4.78, 5) is 4.53. The molecule has 1 heterocycles. The number of rotatable bonds is 1. The Balaban J connectivity index is 2.43. The third kappa shape index (κ3) is 2.17. The number of phenols is 1. The highest BCUT2D eigenvalue weighted by molar-refractivity contribution is 5.82. The number of nitrogens with zero attached hydrogens (tertiary/aromatic N) is 2. The summed E-state index contributed by atoms with van der Waals surface area (Å²) in [6.45, 7) is 6.09. The highest BCUT2D eigenvalue weighted by Gasteiger charge is 2.25. The van der Waals surface area contributed by atoms with Crippen LogP contribution < -0.4 is 0 Å². The predicted octanol–water partition coefficient (Wildman–Crippen LogP) is 4.30. The van der Waals surface area contributed by atoms with Gasteiger partial charge in [-0.05, 0) is 45.0 Å². The third-order valence-corrected chi connectivity index (χ3v) is 3.45. The number of hydrogen-bond donors (Lipinski definition) is 1. The Bertz CT molecular complexity index is 795. The van der Waals surface area contributed by atoms with Crippen molar-refractivity contribution in [2.24, 2.45) is 0 Å². The van der Waals surface area contributed by atoms with Crippen LogP contribution in [0.5, 0.6) is 5.75 Å².